The SMILES string of the molecule is CN(CC1Cc2ccccc2CN1C)c1ncnc2[nH]ncc12. The third-order valence-electron chi connectivity index (χ3n) is 4.69. The van der Waals surface area contributed by atoms with Crippen molar-refractivity contribution >= 4 is 16.9 Å². The Hall–Kier alpha value is -2.47. The van der Waals surface area contributed by atoms with E-state index in [-0.39, 0.29) is 0 Å². The van der Waals surface area contributed by atoms with Crippen LogP contribution >= 0.6 is 0 Å². The number of nitrogens with one attached hydrogen (secondary N) is 1. The van der Waals surface area contributed by atoms with Crippen molar-refractivity contribution in [2.24, 2.45) is 0 Å². The number of aromatic amines is 1. The van der Waals surface area contributed by atoms with Gasteiger partial charge in [0.15, 0.2) is 5.65 Å². The van der Waals surface area contributed by atoms with Crippen LogP contribution in [-0.2, 0) is 13.0 Å². The first-order chi connectivity index (χ1) is 11.2. The summed E-state index contributed by atoms with van der Waals surface area (Å²) in [6.45, 7) is 1.92. The quantitative estimate of drug-likeness (QED) is 0.800. The number of hydrogen-bond acceptors (Lipinski definition) is 5. The zero-order chi connectivity index (χ0) is 15.8. The lowest BCUT2D eigenvalue weighted by molar-refractivity contribution is 0.219. The van der Waals surface area contributed by atoms with Crippen LogP contribution < -0.4 is 4.90 Å². The molecule has 6 heteroatoms. The van der Waals surface area contributed by atoms with Crippen LogP contribution in [0.2, 0.25) is 0 Å². The molecule has 0 saturated carbocycles. The molecule has 3 heterocycles. The van der Waals surface area contributed by atoms with E-state index in [2.05, 4.69) is 68.3 Å². The fourth-order valence-electron chi connectivity index (χ4n) is 3.38. The molecule has 0 radical (unpaired) electrons. The predicted octanol–water partition coefficient (Wildman–Crippen LogP) is 1.85. The van der Waals surface area contributed by atoms with Crippen molar-refractivity contribution in [1.29, 1.82) is 0 Å². The number of aromatic nitrogens is 4. The first kappa shape index (κ1) is 14.1. The van der Waals surface area contributed by atoms with Gasteiger partial charge in [0.05, 0.1) is 11.6 Å². The lowest BCUT2D eigenvalue weighted by Crippen LogP contribution is -2.45. The largest absolute Gasteiger partial charge is 0.357 e. The Morgan fingerprint density at radius 3 is 2.96 bits per heavy atom. The summed E-state index contributed by atoms with van der Waals surface area (Å²) in [5.41, 5.74) is 3.68. The van der Waals surface area contributed by atoms with Gasteiger partial charge in [0.25, 0.3) is 0 Å². The number of rotatable bonds is 3. The molecule has 3 aromatic rings. The zero-order valence-corrected chi connectivity index (χ0v) is 13.4. The highest BCUT2D eigenvalue weighted by Gasteiger charge is 2.25. The molecule has 1 aliphatic heterocycles. The minimum atomic E-state index is 0.465. The Kier molecular flexibility index (Phi) is 3.46. The minimum absolute atomic E-state index is 0.465. The second kappa shape index (κ2) is 5.62. The molecular formula is C17H20N6. The van der Waals surface area contributed by atoms with Gasteiger partial charge in [-0.15, -0.1) is 0 Å². The molecule has 0 bridgehead atoms. The van der Waals surface area contributed by atoms with Crippen LogP contribution in [0, 0.1) is 0 Å². The van der Waals surface area contributed by atoms with Crippen molar-refractivity contribution < 1.29 is 0 Å². The molecule has 0 saturated heterocycles. The highest BCUT2D eigenvalue weighted by molar-refractivity contribution is 5.85. The molecule has 1 atom stereocenters. The number of H-pyrrole nitrogens is 1. The Labute approximate surface area is 135 Å². The summed E-state index contributed by atoms with van der Waals surface area (Å²) in [6, 6.07) is 9.19. The smallest absolute Gasteiger partial charge is 0.160 e. The molecule has 6 nitrogen and oxygen atoms in total. The van der Waals surface area contributed by atoms with E-state index < -0.39 is 0 Å². The average molecular weight is 308 g/mol. The topological polar surface area (TPSA) is 60.9 Å². The van der Waals surface area contributed by atoms with Crippen LogP contribution in [0.25, 0.3) is 11.0 Å². The maximum absolute atomic E-state index is 4.45. The van der Waals surface area contributed by atoms with Crippen molar-refractivity contribution in [2.45, 2.75) is 19.0 Å². The lowest BCUT2D eigenvalue weighted by atomic mass is 9.94. The number of fused-ring (bicyclic) bond motifs is 2. The standard InChI is InChI=1S/C17H20N6/c1-22-9-13-6-4-3-5-12(13)7-14(22)10-23(2)17-15-8-20-21-16(15)18-11-19-17/h3-6,8,11,14H,7,9-10H2,1-2H3,(H,18,19,20,21). The minimum Gasteiger partial charge on any atom is -0.357 e. The zero-order valence-electron chi connectivity index (χ0n) is 13.4. The van der Waals surface area contributed by atoms with Gasteiger partial charge in [-0.05, 0) is 24.6 Å². The average Bonchev–Trinajstić information content (AvgIpc) is 3.04. The van der Waals surface area contributed by atoms with Crippen molar-refractivity contribution in [2.75, 3.05) is 25.5 Å². The fourth-order valence-corrected chi connectivity index (χ4v) is 3.38. The van der Waals surface area contributed by atoms with E-state index in [4.69, 9.17) is 0 Å². The normalized spacial score (nSPS) is 18.1. The first-order valence-electron chi connectivity index (χ1n) is 7.84. The number of benzene rings is 1. The van der Waals surface area contributed by atoms with Crippen LogP contribution in [0.4, 0.5) is 5.82 Å². The number of hydrogen-bond donors (Lipinski definition) is 1. The third kappa shape index (κ3) is 2.55. The summed E-state index contributed by atoms with van der Waals surface area (Å²) in [4.78, 5) is 13.3. The maximum atomic E-state index is 4.45. The number of nitrogens with zero attached hydrogens (tertiary/aromatic N) is 5. The highest BCUT2D eigenvalue weighted by Crippen LogP contribution is 2.25. The summed E-state index contributed by atoms with van der Waals surface area (Å²) in [5, 5.41) is 7.94. The van der Waals surface area contributed by atoms with Gasteiger partial charge in [-0.2, -0.15) is 5.10 Å². The summed E-state index contributed by atoms with van der Waals surface area (Å²) in [6.07, 6.45) is 4.45. The molecule has 1 aliphatic rings. The van der Waals surface area contributed by atoms with Crippen LogP contribution in [-0.4, -0.2) is 51.7 Å². The molecular weight excluding hydrogens is 288 g/mol. The third-order valence-corrected chi connectivity index (χ3v) is 4.69. The number of anilines is 1. The van der Waals surface area contributed by atoms with Crippen LogP contribution in [0.15, 0.2) is 36.8 Å². The second-order valence-electron chi connectivity index (χ2n) is 6.25. The highest BCUT2D eigenvalue weighted by atomic mass is 15.2. The molecule has 1 aromatic carbocycles. The van der Waals surface area contributed by atoms with Gasteiger partial charge >= 0.3 is 0 Å². The van der Waals surface area contributed by atoms with E-state index in [0.29, 0.717) is 6.04 Å². The van der Waals surface area contributed by atoms with Gasteiger partial charge in [-0.25, -0.2) is 9.97 Å². The van der Waals surface area contributed by atoms with Crippen molar-refractivity contribution in [1.82, 2.24) is 25.1 Å². The molecule has 0 spiro atoms. The molecule has 23 heavy (non-hydrogen) atoms. The van der Waals surface area contributed by atoms with Gasteiger partial charge in [0.1, 0.15) is 12.1 Å². The number of likely N-dealkylation sites (N-methyl/N-ethyl adjacent to an activating group) is 2. The molecule has 1 unspecified atom stereocenters. The Bertz CT molecular complexity index is 827. The van der Waals surface area contributed by atoms with E-state index >= 15 is 0 Å². The Morgan fingerprint density at radius 2 is 2.09 bits per heavy atom. The Balaban J connectivity index is 1.57. The molecule has 0 aliphatic carbocycles. The van der Waals surface area contributed by atoms with Gasteiger partial charge in [0.2, 0.25) is 0 Å². The monoisotopic (exact) mass is 308 g/mol. The summed E-state index contributed by atoms with van der Waals surface area (Å²) in [7, 11) is 4.28. The molecule has 118 valence electrons. The summed E-state index contributed by atoms with van der Waals surface area (Å²) in [5.74, 6) is 0.927. The summed E-state index contributed by atoms with van der Waals surface area (Å²) >= 11 is 0. The van der Waals surface area contributed by atoms with Gasteiger partial charge in [0, 0.05) is 26.2 Å². The molecule has 0 fully saturated rings. The molecule has 0 amide bonds. The van der Waals surface area contributed by atoms with E-state index in [1.165, 1.54) is 11.1 Å². The van der Waals surface area contributed by atoms with Gasteiger partial charge in [-0.3, -0.25) is 10.00 Å². The van der Waals surface area contributed by atoms with E-state index in [9.17, 15) is 0 Å². The Morgan fingerprint density at radius 1 is 1.26 bits per heavy atom. The van der Waals surface area contributed by atoms with Gasteiger partial charge in [-0.1, -0.05) is 24.3 Å². The fraction of sp³-hybridized carbons (Fsp3) is 0.353. The molecule has 2 aromatic heterocycles. The molecule has 1 N–H and O–H groups in total. The van der Waals surface area contributed by atoms with E-state index in [1.807, 2.05) is 0 Å². The van der Waals surface area contributed by atoms with Gasteiger partial charge < -0.3 is 4.90 Å². The maximum Gasteiger partial charge on any atom is 0.160 e. The van der Waals surface area contributed by atoms with Crippen molar-refractivity contribution in [3.8, 4) is 0 Å². The lowest BCUT2D eigenvalue weighted by Gasteiger charge is -2.36. The van der Waals surface area contributed by atoms with E-state index in [0.717, 1.165) is 36.4 Å². The van der Waals surface area contributed by atoms with Crippen molar-refractivity contribution in [3.05, 3.63) is 47.9 Å². The van der Waals surface area contributed by atoms with Crippen LogP contribution in [0.5, 0.6) is 0 Å². The second-order valence-corrected chi connectivity index (χ2v) is 6.25. The van der Waals surface area contributed by atoms with Crippen LogP contribution in [0.1, 0.15) is 11.1 Å². The van der Waals surface area contributed by atoms with Crippen molar-refractivity contribution in [3.63, 3.8) is 0 Å². The predicted molar refractivity (Wildman–Crippen MR) is 90.4 cm³/mol. The first-order valence-corrected chi connectivity index (χ1v) is 7.84. The summed E-state index contributed by atoms with van der Waals surface area (Å²) < 4.78 is 0. The van der Waals surface area contributed by atoms with Crippen LogP contribution in [0.3, 0.4) is 0 Å². The van der Waals surface area contributed by atoms with E-state index in [1.54, 1.807) is 12.5 Å². The molecule has 4 rings (SSSR count).